The van der Waals surface area contributed by atoms with Crippen molar-refractivity contribution in [2.24, 2.45) is 5.92 Å². The molecule has 1 fully saturated rings. The van der Waals surface area contributed by atoms with Gasteiger partial charge in [-0.05, 0) is 49.2 Å². The van der Waals surface area contributed by atoms with Gasteiger partial charge >= 0.3 is 0 Å². The molecule has 1 heterocycles. The van der Waals surface area contributed by atoms with Gasteiger partial charge in [0.05, 0.1) is 27.9 Å². The van der Waals surface area contributed by atoms with Crippen LogP contribution in [-0.2, 0) is 14.8 Å². The first-order valence-electron chi connectivity index (χ1n) is 8.35. The molecule has 6 nitrogen and oxygen atoms in total. The van der Waals surface area contributed by atoms with Gasteiger partial charge in [-0.25, -0.2) is 12.7 Å². The highest BCUT2D eigenvalue weighted by Crippen LogP contribution is 2.31. The van der Waals surface area contributed by atoms with Gasteiger partial charge in [-0.15, -0.1) is 0 Å². The summed E-state index contributed by atoms with van der Waals surface area (Å²) in [6.45, 7) is 5.36. The lowest BCUT2D eigenvalue weighted by Crippen LogP contribution is -2.30. The Labute approximate surface area is 163 Å². The Hall–Kier alpha value is -2.38. The fourth-order valence-electron chi connectivity index (χ4n) is 2.96. The molecule has 8 heteroatoms. The molecular weight excluding hydrogens is 388 g/mol. The maximum atomic E-state index is 12.6. The predicted octanol–water partition coefficient (Wildman–Crippen LogP) is 3.52. The Morgan fingerprint density at radius 2 is 1.89 bits per heavy atom. The second kappa shape index (κ2) is 6.98. The summed E-state index contributed by atoms with van der Waals surface area (Å²) in [4.78, 5) is 24.8. The molecule has 0 radical (unpaired) electrons. The average molecular weight is 407 g/mol. The van der Waals surface area contributed by atoms with Crippen molar-refractivity contribution < 1.29 is 18.0 Å². The molecule has 3 rings (SSSR count). The molecule has 0 unspecified atom stereocenters. The summed E-state index contributed by atoms with van der Waals surface area (Å²) in [7, 11) is -3.72. The van der Waals surface area contributed by atoms with Crippen molar-refractivity contribution in [2.45, 2.75) is 20.8 Å². The van der Waals surface area contributed by atoms with Crippen LogP contribution in [0.2, 0.25) is 5.02 Å². The molecule has 2 aromatic carbocycles. The molecule has 1 aliphatic rings. The molecule has 1 aliphatic heterocycles. The molecule has 1 atom stereocenters. The first-order valence-corrected chi connectivity index (χ1v) is 10.3. The molecule has 0 aliphatic carbocycles. The second-order valence-corrected chi connectivity index (χ2v) is 8.99. The minimum Gasteiger partial charge on any atom is -0.322 e. The van der Waals surface area contributed by atoms with Crippen molar-refractivity contribution in [1.82, 2.24) is 0 Å². The Morgan fingerprint density at radius 1 is 1.19 bits per heavy atom. The molecule has 0 saturated carbocycles. The van der Waals surface area contributed by atoms with Crippen LogP contribution in [0.5, 0.6) is 0 Å². The smallest absolute Gasteiger partial charge is 0.257 e. The number of carbonyl (C=O) groups is 2. The van der Waals surface area contributed by atoms with Gasteiger partial charge in [0.2, 0.25) is 15.9 Å². The van der Waals surface area contributed by atoms with E-state index in [2.05, 4.69) is 5.32 Å². The summed E-state index contributed by atoms with van der Waals surface area (Å²) in [5, 5.41) is 2.87. The molecule has 0 spiro atoms. The molecule has 1 saturated heterocycles. The topological polar surface area (TPSA) is 83.6 Å². The van der Waals surface area contributed by atoms with E-state index in [9.17, 15) is 18.0 Å². The minimum absolute atomic E-state index is 0.0675. The van der Waals surface area contributed by atoms with Crippen molar-refractivity contribution in [2.75, 3.05) is 15.4 Å². The molecule has 2 aromatic rings. The van der Waals surface area contributed by atoms with E-state index in [4.69, 9.17) is 11.6 Å². The average Bonchev–Trinajstić information content (AvgIpc) is 2.78. The van der Waals surface area contributed by atoms with E-state index in [1.165, 1.54) is 18.2 Å². The number of carbonyl (C=O) groups excluding carboxylic acids is 2. The van der Waals surface area contributed by atoms with Crippen LogP contribution in [0.25, 0.3) is 0 Å². The number of nitrogens with zero attached hydrogens (tertiary/aromatic N) is 1. The highest BCUT2D eigenvalue weighted by atomic mass is 35.5. The lowest BCUT2D eigenvalue weighted by atomic mass is 10.1. The van der Waals surface area contributed by atoms with E-state index in [0.29, 0.717) is 5.69 Å². The lowest BCUT2D eigenvalue weighted by Gasteiger charge is -2.17. The third kappa shape index (κ3) is 3.70. The fraction of sp³-hybridized carbons (Fsp3) is 0.263. The highest BCUT2D eigenvalue weighted by Gasteiger charge is 2.42. The van der Waals surface area contributed by atoms with E-state index in [0.717, 1.165) is 15.4 Å². The van der Waals surface area contributed by atoms with Crippen LogP contribution in [0.15, 0.2) is 36.4 Å². The van der Waals surface area contributed by atoms with Gasteiger partial charge < -0.3 is 5.32 Å². The standard InChI is InChI=1S/C19H19ClN2O4S/c1-11-4-5-12(2)17(8-11)21-18(23)15-7-6-14(9-16(15)20)22-19(24)13(3)10-27(22,25)26/h4-9,13H,10H2,1-3H3,(H,21,23)/t13-/m1/s1. The number of halogens is 1. The van der Waals surface area contributed by atoms with E-state index in [-0.39, 0.29) is 22.0 Å². The van der Waals surface area contributed by atoms with E-state index in [1.54, 1.807) is 6.92 Å². The van der Waals surface area contributed by atoms with E-state index < -0.39 is 27.8 Å². The largest absolute Gasteiger partial charge is 0.322 e. The van der Waals surface area contributed by atoms with Crippen molar-refractivity contribution in [3.8, 4) is 0 Å². The number of hydrogen-bond acceptors (Lipinski definition) is 4. The quantitative estimate of drug-likeness (QED) is 0.845. The number of aryl methyl sites for hydroxylation is 2. The molecule has 0 aromatic heterocycles. The second-order valence-electron chi connectivity index (χ2n) is 6.72. The van der Waals surface area contributed by atoms with Gasteiger partial charge in [-0.2, -0.15) is 0 Å². The van der Waals surface area contributed by atoms with Gasteiger partial charge in [-0.3, -0.25) is 9.59 Å². The fourth-order valence-corrected chi connectivity index (χ4v) is 5.03. The van der Waals surface area contributed by atoms with Crippen LogP contribution in [0.4, 0.5) is 11.4 Å². The van der Waals surface area contributed by atoms with Gasteiger partial charge in [-0.1, -0.05) is 30.7 Å². The summed E-state index contributed by atoms with van der Waals surface area (Å²) in [5.41, 5.74) is 2.91. The normalized spacial score (nSPS) is 18.6. The van der Waals surface area contributed by atoms with Crippen LogP contribution in [0.3, 0.4) is 0 Å². The molecule has 0 bridgehead atoms. The van der Waals surface area contributed by atoms with Crippen molar-refractivity contribution in [3.05, 3.63) is 58.1 Å². The zero-order valence-electron chi connectivity index (χ0n) is 15.1. The highest BCUT2D eigenvalue weighted by molar-refractivity contribution is 7.94. The number of hydrogen-bond donors (Lipinski definition) is 1. The first kappa shape index (κ1) is 19.4. The summed E-state index contributed by atoms with van der Waals surface area (Å²) in [6, 6.07) is 9.86. The lowest BCUT2D eigenvalue weighted by molar-refractivity contribution is -0.119. The zero-order valence-corrected chi connectivity index (χ0v) is 16.7. The van der Waals surface area contributed by atoms with Gasteiger partial charge in [0.25, 0.3) is 5.91 Å². The Balaban J connectivity index is 1.90. The van der Waals surface area contributed by atoms with E-state index in [1.807, 2.05) is 32.0 Å². The maximum Gasteiger partial charge on any atom is 0.257 e. The summed E-state index contributed by atoms with van der Waals surface area (Å²) in [6.07, 6.45) is 0. The van der Waals surface area contributed by atoms with Crippen LogP contribution < -0.4 is 9.62 Å². The SMILES string of the molecule is Cc1ccc(C)c(NC(=O)c2ccc(N3C(=O)[C@H](C)CS3(=O)=O)cc2Cl)c1. The summed E-state index contributed by atoms with van der Waals surface area (Å²) in [5.74, 6) is -1.76. The molecular formula is C19H19ClN2O4S. The number of benzene rings is 2. The zero-order chi connectivity index (χ0) is 19.9. The van der Waals surface area contributed by atoms with Gasteiger partial charge in [0, 0.05) is 5.69 Å². The summed E-state index contributed by atoms with van der Waals surface area (Å²) < 4.78 is 25.2. The van der Waals surface area contributed by atoms with Crippen molar-refractivity contribution in [3.63, 3.8) is 0 Å². The maximum absolute atomic E-state index is 12.6. The number of nitrogens with one attached hydrogen (secondary N) is 1. The van der Waals surface area contributed by atoms with E-state index >= 15 is 0 Å². The number of amides is 2. The third-order valence-electron chi connectivity index (χ3n) is 4.43. The minimum atomic E-state index is -3.72. The predicted molar refractivity (Wildman–Crippen MR) is 106 cm³/mol. The van der Waals surface area contributed by atoms with Crippen LogP contribution in [0.1, 0.15) is 28.4 Å². The molecule has 1 N–H and O–H groups in total. The molecule has 27 heavy (non-hydrogen) atoms. The molecule has 2 amide bonds. The first-order chi connectivity index (χ1) is 12.6. The van der Waals surface area contributed by atoms with Gasteiger partial charge in [0.15, 0.2) is 0 Å². The van der Waals surface area contributed by atoms with Gasteiger partial charge in [0.1, 0.15) is 0 Å². The Bertz CT molecular complexity index is 1050. The molecule has 142 valence electrons. The number of sulfonamides is 1. The third-order valence-corrected chi connectivity index (χ3v) is 6.61. The van der Waals surface area contributed by atoms with Crippen molar-refractivity contribution >= 4 is 44.8 Å². The Kier molecular flexibility index (Phi) is 5.01. The van der Waals surface area contributed by atoms with Crippen LogP contribution >= 0.6 is 11.6 Å². The van der Waals surface area contributed by atoms with Crippen LogP contribution in [-0.4, -0.2) is 26.0 Å². The monoisotopic (exact) mass is 406 g/mol. The van der Waals surface area contributed by atoms with Crippen molar-refractivity contribution in [1.29, 1.82) is 0 Å². The summed E-state index contributed by atoms with van der Waals surface area (Å²) >= 11 is 6.22. The van der Waals surface area contributed by atoms with Crippen LogP contribution in [0, 0.1) is 19.8 Å². The number of rotatable bonds is 3. The Morgan fingerprint density at radius 3 is 2.48 bits per heavy atom. The number of anilines is 2.